The first kappa shape index (κ1) is 17.7. The zero-order chi connectivity index (χ0) is 18.7. The molecule has 0 fully saturated rings. The standard InChI is InChI=1S/C21H22N2O3/c1-15-18(20(24)26-14-16-10-6-4-7-11-16)19(17-12-8-5-9-13-17)23(3)21(25)22(15)2/h4-13,19H,14H2,1-3H3/t19-/m0/s1. The van der Waals surface area contributed by atoms with Crippen LogP contribution in [0.3, 0.4) is 0 Å². The fourth-order valence-electron chi connectivity index (χ4n) is 3.15. The molecule has 2 aromatic carbocycles. The van der Waals surface area contributed by atoms with Gasteiger partial charge in [-0.2, -0.15) is 0 Å². The van der Waals surface area contributed by atoms with Gasteiger partial charge in [-0.05, 0) is 18.1 Å². The number of rotatable bonds is 4. The van der Waals surface area contributed by atoms with Crippen LogP contribution in [0.2, 0.25) is 0 Å². The van der Waals surface area contributed by atoms with E-state index in [9.17, 15) is 9.59 Å². The quantitative estimate of drug-likeness (QED) is 0.789. The smallest absolute Gasteiger partial charge is 0.338 e. The van der Waals surface area contributed by atoms with Gasteiger partial charge in [0.05, 0.1) is 11.6 Å². The highest BCUT2D eigenvalue weighted by Crippen LogP contribution is 2.36. The van der Waals surface area contributed by atoms with Gasteiger partial charge >= 0.3 is 12.0 Å². The average Bonchev–Trinajstić information content (AvgIpc) is 2.68. The molecule has 26 heavy (non-hydrogen) atoms. The summed E-state index contributed by atoms with van der Waals surface area (Å²) >= 11 is 0. The van der Waals surface area contributed by atoms with Crippen LogP contribution in [-0.4, -0.2) is 35.9 Å². The summed E-state index contributed by atoms with van der Waals surface area (Å²) in [4.78, 5) is 28.5. The lowest BCUT2D eigenvalue weighted by molar-refractivity contribution is -0.141. The summed E-state index contributed by atoms with van der Waals surface area (Å²) in [6, 6.07) is 18.4. The maximum absolute atomic E-state index is 12.9. The van der Waals surface area contributed by atoms with Crippen LogP contribution >= 0.6 is 0 Å². The normalized spacial score (nSPS) is 17.5. The summed E-state index contributed by atoms with van der Waals surface area (Å²) in [6.45, 7) is 1.97. The number of carbonyl (C=O) groups is 2. The van der Waals surface area contributed by atoms with Gasteiger partial charge in [-0.3, -0.25) is 0 Å². The van der Waals surface area contributed by atoms with E-state index in [1.807, 2.05) is 60.7 Å². The lowest BCUT2D eigenvalue weighted by Crippen LogP contribution is -2.47. The topological polar surface area (TPSA) is 49.9 Å². The second-order valence-corrected chi connectivity index (χ2v) is 6.33. The van der Waals surface area contributed by atoms with Crippen molar-refractivity contribution in [2.75, 3.05) is 14.1 Å². The Bertz CT molecular complexity index is 831. The molecule has 0 unspecified atom stereocenters. The Hall–Kier alpha value is -3.08. The molecule has 5 heteroatoms. The van der Waals surface area contributed by atoms with Gasteiger partial charge in [0.25, 0.3) is 0 Å². The molecular weight excluding hydrogens is 328 g/mol. The summed E-state index contributed by atoms with van der Waals surface area (Å²) in [5, 5.41) is 0. The van der Waals surface area contributed by atoms with E-state index in [-0.39, 0.29) is 12.6 Å². The molecule has 0 bridgehead atoms. The Labute approximate surface area is 153 Å². The number of hydrogen-bond acceptors (Lipinski definition) is 3. The van der Waals surface area contributed by atoms with Crippen LogP contribution < -0.4 is 0 Å². The fourth-order valence-corrected chi connectivity index (χ4v) is 3.15. The Morgan fingerprint density at radius 1 is 1.00 bits per heavy atom. The van der Waals surface area contributed by atoms with E-state index in [0.29, 0.717) is 11.3 Å². The van der Waals surface area contributed by atoms with Gasteiger partial charge in [0.2, 0.25) is 0 Å². The zero-order valence-electron chi connectivity index (χ0n) is 15.2. The van der Waals surface area contributed by atoms with E-state index >= 15 is 0 Å². The third kappa shape index (κ3) is 3.33. The van der Waals surface area contributed by atoms with Crippen molar-refractivity contribution in [3.05, 3.63) is 83.1 Å². The molecule has 0 N–H and O–H groups in total. The van der Waals surface area contributed by atoms with E-state index in [2.05, 4.69) is 0 Å². The zero-order valence-corrected chi connectivity index (χ0v) is 15.2. The van der Waals surface area contributed by atoms with Crippen molar-refractivity contribution in [3.63, 3.8) is 0 Å². The van der Waals surface area contributed by atoms with Gasteiger partial charge in [0.1, 0.15) is 6.61 Å². The Morgan fingerprint density at radius 3 is 2.19 bits per heavy atom. The molecule has 0 aliphatic carbocycles. The summed E-state index contributed by atoms with van der Waals surface area (Å²) in [5.41, 5.74) is 2.89. The first-order valence-electron chi connectivity index (χ1n) is 8.48. The van der Waals surface area contributed by atoms with Gasteiger partial charge in [-0.1, -0.05) is 60.7 Å². The van der Waals surface area contributed by atoms with Crippen LogP contribution in [0, 0.1) is 0 Å². The van der Waals surface area contributed by atoms with E-state index in [1.165, 1.54) is 4.90 Å². The van der Waals surface area contributed by atoms with Gasteiger partial charge < -0.3 is 14.5 Å². The SMILES string of the molecule is CC1=C(C(=O)OCc2ccccc2)[C@H](c2ccccc2)N(C)C(=O)N1C. The van der Waals surface area contributed by atoms with E-state index in [1.54, 1.807) is 25.9 Å². The molecule has 0 saturated carbocycles. The molecule has 1 aliphatic rings. The fraction of sp³-hybridized carbons (Fsp3) is 0.238. The summed E-state index contributed by atoms with van der Waals surface area (Å²) in [5.74, 6) is -0.411. The molecule has 0 aromatic heterocycles. The van der Waals surface area contributed by atoms with Crippen molar-refractivity contribution in [1.82, 2.24) is 9.80 Å². The second-order valence-electron chi connectivity index (χ2n) is 6.33. The summed E-state index contributed by atoms with van der Waals surface area (Å²) < 4.78 is 5.56. The molecule has 0 saturated heterocycles. The third-order valence-electron chi connectivity index (χ3n) is 4.69. The Morgan fingerprint density at radius 2 is 1.58 bits per heavy atom. The number of carbonyl (C=O) groups excluding carboxylic acids is 2. The molecule has 2 aromatic rings. The molecule has 5 nitrogen and oxygen atoms in total. The monoisotopic (exact) mass is 350 g/mol. The largest absolute Gasteiger partial charge is 0.457 e. The minimum absolute atomic E-state index is 0.157. The maximum atomic E-state index is 12.9. The molecule has 3 rings (SSSR count). The van der Waals surface area contributed by atoms with E-state index in [0.717, 1.165) is 11.1 Å². The van der Waals surface area contributed by atoms with Crippen LogP contribution in [0.15, 0.2) is 71.9 Å². The summed E-state index contributed by atoms with van der Waals surface area (Å²) in [6.07, 6.45) is 0. The number of esters is 1. The number of benzene rings is 2. The van der Waals surface area contributed by atoms with Crippen LogP contribution in [0.1, 0.15) is 24.1 Å². The van der Waals surface area contributed by atoms with E-state index < -0.39 is 12.0 Å². The number of amides is 2. The predicted octanol–water partition coefficient (Wildman–Crippen LogP) is 3.74. The van der Waals surface area contributed by atoms with Crippen LogP contribution in [0.25, 0.3) is 0 Å². The van der Waals surface area contributed by atoms with Gasteiger partial charge in [-0.15, -0.1) is 0 Å². The number of hydrogen-bond donors (Lipinski definition) is 0. The molecule has 1 heterocycles. The lowest BCUT2D eigenvalue weighted by atomic mass is 9.94. The molecule has 0 spiro atoms. The number of ether oxygens (including phenoxy) is 1. The minimum Gasteiger partial charge on any atom is -0.457 e. The van der Waals surface area contributed by atoms with Gasteiger partial charge in [0, 0.05) is 19.8 Å². The summed E-state index contributed by atoms with van der Waals surface area (Å²) in [7, 11) is 3.37. The van der Waals surface area contributed by atoms with Gasteiger partial charge in [-0.25, -0.2) is 9.59 Å². The average molecular weight is 350 g/mol. The highest BCUT2D eigenvalue weighted by atomic mass is 16.5. The van der Waals surface area contributed by atoms with Crippen LogP contribution in [-0.2, 0) is 16.1 Å². The Kier molecular flexibility index (Phi) is 5.07. The van der Waals surface area contributed by atoms with Crippen LogP contribution in [0.5, 0.6) is 0 Å². The predicted molar refractivity (Wildman–Crippen MR) is 99.0 cm³/mol. The maximum Gasteiger partial charge on any atom is 0.338 e. The van der Waals surface area contributed by atoms with Gasteiger partial charge in [0.15, 0.2) is 0 Å². The highest BCUT2D eigenvalue weighted by Gasteiger charge is 2.39. The van der Waals surface area contributed by atoms with Crippen LogP contribution in [0.4, 0.5) is 4.79 Å². The van der Waals surface area contributed by atoms with Crippen molar-refractivity contribution >= 4 is 12.0 Å². The molecule has 1 aliphatic heterocycles. The molecule has 0 radical (unpaired) electrons. The molecule has 134 valence electrons. The van der Waals surface area contributed by atoms with E-state index in [4.69, 9.17) is 4.74 Å². The van der Waals surface area contributed by atoms with Crippen molar-refractivity contribution in [1.29, 1.82) is 0 Å². The van der Waals surface area contributed by atoms with Crippen molar-refractivity contribution in [2.45, 2.75) is 19.6 Å². The number of urea groups is 1. The molecular formula is C21H22N2O3. The van der Waals surface area contributed by atoms with Crippen molar-refractivity contribution in [2.24, 2.45) is 0 Å². The number of likely N-dealkylation sites (N-methyl/N-ethyl adjacent to an activating group) is 1. The van der Waals surface area contributed by atoms with Crippen molar-refractivity contribution < 1.29 is 14.3 Å². The second kappa shape index (κ2) is 7.44. The number of allylic oxidation sites excluding steroid dienone is 1. The number of nitrogens with zero attached hydrogens (tertiary/aromatic N) is 2. The Balaban J connectivity index is 1.94. The van der Waals surface area contributed by atoms with Crippen molar-refractivity contribution in [3.8, 4) is 0 Å². The highest BCUT2D eigenvalue weighted by molar-refractivity contribution is 5.94. The molecule has 2 amide bonds. The minimum atomic E-state index is -0.469. The molecule has 1 atom stereocenters. The third-order valence-corrected chi connectivity index (χ3v) is 4.69. The lowest BCUT2D eigenvalue weighted by Gasteiger charge is -2.39. The first-order chi connectivity index (χ1) is 12.5. The first-order valence-corrected chi connectivity index (χ1v) is 8.48.